The van der Waals surface area contributed by atoms with Crippen molar-refractivity contribution in [2.45, 2.75) is 69.0 Å². The minimum atomic E-state index is -4.28. The Labute approximate surface area is 256 Å². The van der Waals surface area contributed by atoms with Gasteiger partial charge in [-0.05, 0) is 55.2 Å². The maximum Gasteiger partial charge on any atom is 0.269 e. The summed E-state index contributed by atoms with van der Waals surface area (Å²) in [7, 11) is -4.28. The third kappa shape index (κ3) is 7.91. The van der Waals surface area contributed by atoms with Crippen molar-refractivity contribution in [3.05, 3.63) is 99.6 Å². The zero-order valence-corrected chi connectivity index (χ0v) is 25.5. The molecular formula is C31H35ClN4O6S. The number of nitrogens with zero attached hydrogens (tertiary/aromatic N) is 3. The Morgan fingerprint density at radius 3 is 2.21 bits per heavy atom. The summed E-state index contributed by atoms with van der Waals surface area (Å²) in [5.74, 6) is -0.925. The Hall–Kier alpha value is -3.96. The van der Waals surface area contributed by atoms with E-state index in [1.807, 2.05) is 0 Å². The highest BCUT2D eigenvalue weighted by Gasteiger charge is 2.34. The molecule has 3 aromatic rings. The SMILES string of the molecule is CC[C@H](C(=O)NC1CCCCC1)N(Cc1ccccc1Cl)C(=O)CN(c1ccc([N+](=O)[O-])cc1)S(=O)(=O)c1ccccc1. The average molecular weight is 627 g/mol. The molecule has 0 bridgehead atoms. The molecule has 2 amide bonds. The Morgan fingerprint density at radius 1 is 0.977 bits per heavy atom. The summed E-state index contributed by atoms with van der Waals surface area (Å²) >= 11 is 6.45. The summed E-state index contributed by atoms with van der Waals surface area (Å²) in [6.45, 7) is 1.13. The fourth-order valence-electron chi connectivity index (χ4n) is 5.26. The summed E-state index contributed by atoms with van der Waals surface area (Å²) in [6.07, 6.45) is 5.18. The first-order valence-corrected chi connectivity index (χ1v) is 16.1. The number of anilines is 1. The van der Waals surface area contributed by atoms with Gasteiger partial charge in [0, 0.05) is 29.7 Å². The number of benzene rings is 3. The van der Waals surface area contributed by atoms with Crippen molar-refractivity contribution >= 4 is 44.8 Å². The van der Waals surface area contributed by atoms with Crippen molar-refractivity contribution in [1.82, 2.24) is 10.2 Å². The quantitative estimate of drug-likeness (QED) is 0.203. The largest absolute Gasteiger partial charge is 0.352 e. The van der Waals surface area contributed by atoms with Crippen LogP contribution in [-0.4, -0.2) is 48.7 Å². The normalized spacial score (nSPS) is 14.5. The molecule has 1 N–H and O–H groups in total. The van der Waals surface area contributed by atoms with Crippen molar-refractivity contribution in [1.29, 1.82) is 0 Å². The molecule has 43 heavy (non-hydrogen) atoms. The van der Waals surface area contributed by atoms with Gasteiger partial charge in [-0.15, -0.1) is 0 Å². The number of nitrogens with one attached hydrogen (secondary N) is 1. The van der Waals surface area contributed by atoms with Gasteiger partial charge in [0.2, 0.25) is 11.8 Å². The number of carbonyl (C=O) groups is 2. The van der Waals surface area contributed by atoms with Gasteiger partial charge in [0.25, 0.3) is 15.7 Å². The minimum absolute atomic E-state index is 0.0163. The Kier molecular flexibility index (Phi) is 10.8. The zero-order chi connectivity index (χ0) is 31.0. The number of halogens is 1. The van der Waals surface area contributed by atoms with Crippen LogP contribution in [0.3, 0.4) is 0 Å². The van der Waals surface area contributed by atoms with E-state index < -0.39 is 33.4 Å². The second kappa shape index (κ2) is 14.5. The van der Waals surface area contributed by atoms with E-state index in [1.54, 1.807) is 49.4 Å². The van der Waals surface area contributed by atoms with Gasteiger partial charge in [-0.3, -0.25) is 24.0 Å². The average Bonchev–Trinajstić information content (AvgIpc) is 3.01. The predicted molar refractivity (Wildman–Crippen MR) is 165 cm³/mol. The number of sulfonamides is 1. The van der Waals surface area contributed by atoms with Crippen LogP contribution >= 0.6 is 11.6 Å². The number of amides is 2. The third-order valence-electron chi connectivity index (χ3n) is 7.59. The first kappa shape index (κ1) is 32.0. The zero-order valence-electron chi connectivity index (χ0n) is 23.9. The molecule has 1 atom stereocenters. The van der Waals surface area contributed by atoms with Crippen LogP contribution in [0.2, 0.25) is 5.02 Å². The second-order valence-corrected chi connectivity index (χ2v) is 12.7. The number of nitro groups is 1. The van der Waals surface area contributed by atoms with Crippen molar-refractivity contribution < 1.29 is 22.9 Å². The summed E-state index contributed by atoms with van der Waals surface area (Å²) in [5, 5.41) is 14.8. The summed E-state index contributed by atoms with van der Waals surface area (Å²) in [6, 6.07) is 18.7. The number of nitro benzene ring substituents is 1. The standard InChI is InChI=1S/C31H35ClN4O6S/c1-2-29(31(38)33-24-12-5-3-6-13-24)34(21-23-11-9-10-16-28(23)32)30(37)22-35(25-17-19-26(20-18-25)36(39)40)43(41,42)27-14-7-4-8-15-27/h4,7-11,14-20,24,29H,2-3,5-6,12-13,21-22H2,1H3,(H,33,38)/t29-/m1/s1. The van der Waals surface area contributed by atoms with Gasteiger partial charge in [-0.1, -0.05) is 74.2 Å². The fourth-order valence-corrected chi connectivity index (χ4v) is 6.89. The van der Waals surface area contributed by atoms with Gasteiger partial charge in [0.05, 0.1) is 15.5 Å². The molecule has 0 radical (unpaired) electrons. The van der Waals surface area contributed by atoms with Crippen LogP contribution in [0.4, 0.5) is 11.4 Å². The lowest BCUT2D eigenvalue weighted by Gasteiger charge is -2.34. The van der Waals surface area contributed by atoms with Gasteiger partial charge in [-0.2, -0.15) is 0 Å². The molecule has 0 saturated heterocycles. The number of rotatable bonds is 12. The smallest absolute Gasteiger partial charge is 0.269 e. The van der Waals surface area contributed by atoms with Gasteiger partial charge in [0.15, 0.2) is 0 Å². The monoisotopic (exact) mass is 626 g/mol. The number of non-ortho nitro benzene ring substituents is 1. The third-order valence-corrected chi connectivity index (χ3v) is 9.75. The van der Waals surface area contributed by atoms with Crippen molar-refractivity contribution in [2.24, 2.45) is 0 Å². The van der Waals surface area contributed by atoms with E-state index in [9.17, 15) is 28.1 Å². The van der Waals surface area contributed by atoms with Crippen molar-refractivity contribution in [3.8, 4) is 0 Å². The van der Waals surface area contributed by atoms with E-state index in [-0.39, 0.29) is 41.2 Å². The van der Waals surface area contributed by atoms with Crippen molar-refractivity contribution in [3.63, 3.8) is 0 Å². The molecule has 0 unspecified atom stereocenters. The summed E-state index contributed by atoms with van der Waals surface area (Å²) in [4.78, 5) is 39.8. The molecule has 1 aliphatic rings. The lowest BCUT2D eigenvalue weighted by Crippen LogP contribution is -2.54. The van der Waals surface area contributed by atoms with E-state index >= 15 is 0 Å². The summed E-state index contributed by atoms with van der Waals surface area (Å²) in [5.41, 5.74) is 0.451. The molecule has 4 rings (SSSR count). The Bertz CT molecular complexity index is 1530. The predicted octanol–water partition coefficient (Wildman–Crippen LogP) is 5.70. The van der Waals surface area contributed by atoms with E-state index in [2.05, 4.69) is 5.32 Å². The first-order valence-electron chi connectivity index (χ1n) is 14.3. The molecule has 1 saturated carbocycles. The molecule has 0 spiro atoms. The Balaban J connectivity index is 1.72. The molecule has 228 valence electrons. The minimum Gasteiger partial charge on any atom is -0.352 e. The second-order valence-electron chi connectivity index (χ2n) is 10.5. The van der Waals surface area contributed by atoms with Crippen LogP contribution < -0.4 is 9.62 Å². The number of carbonyl (C=O) groups excluding carboxylic acids is 2. The molecule has 0 aromatic heterocycles. The Morgan fingerprint density at radius 2 is 1.60 bits per heavy atom. The maximum atomic E-state index is 14.2. The van der Waals surface area contributed by atoms with E-state index in [0.29, 0.717) is 10.6 Å². The van der Waals surface area contributed by atoms with Crippen LogP contribution in [0.25, 0.3) is 0 Å². The number of hydrogen-bond acceptors (Lipinski definition) is 6. The molecular weight excluding hydrogens is 592 g/mol. The lowest BCUT2D eigenvalue weighted by molar-refractivity contribution is -0.384. The van der Waals surface area contributed by atoms with Gasteiger partial charge >= 0.3 is 0 Å². The molecule has 10 nitrogen and oxygen atoms in total. The molecule has 1 aliphatic carbocycles. The lowest BCUT2D eigenvalue weighted by atomic mass is 9.95. The van der Waals surface area contributed by atoms with Crippen LogP contribution in [0, 0.1) is 10.1 Å². The topological polar surface area (TPSA) is 130 Å². The molecule has 0 heterocycles. The van der Waals surface area contributed by atoms with E-state index in [1.165, 1.54) is 41.3 Å². The summed E-state index contributed by atoms with van der Waals surface area (Å²) < 4.78 is 28.7. The highest BCUT2D eigenvalue weighted by Crippen LogP contribution is 2.27. The van der Waals surface area contributed by atoms with Crippen LogP contribution in [0.1, 0.15) is 51.0 Å². The van der Waals surface area contributed by atoms with Crippen LogP contribution in [0.15, 0.2) is 83.8 Å². The van der Waals surface area contributed by atoms with Crippen LogP contribution in [0.5, 0.6) is 0 Å². The van der Waals surface area contributed by atoms with E-state index in [4.69, 9.17) is 11.6 Å². The van der Waals surface area contributed by atoms with E-state index in [0.717, 1.165) is 36.4 Å². The van der Waals surface area contributed by atoms with Gasteiger partial charge < -0.3 is 10.2 Å². The highest BCUT2D eigenvalue weighted by molar-refractivity contribution is 7.92. The van der Waals surface area contributed by atoms with Gasteiger partial charge in [0.1, 0.15) is 12.6 Å². The first-order chi connectivity index (χ1) is 20.6. The molecule has 3 aromatic carbocycles. The van der Waals surface area contributed by atoms with Gasteiger partial charge in [-0.25, -0.2) is 8.42 Å². The number of hydrogen-bond donors (Lipinski definition) is 1. The molecule has 12 heteroatoms. The van der Waals surface area contributed by atoms with Crippen molar-refractivity contribution in [2.75, 3.05) is 10.8 Å². The molecule has 0 aliphatic heterocycles. The maximum absolute atomic E-state index is 14.2. The fraction of sp³-hybridized carbons (Fsp3) is 0.355. The van der Waals surface area contributed by atoms with Crippen LogP contribution in [-0.2, 0) is 26.2 Å². The molecule has 1 fully saturated rings. The highest BCUT2D eigenvalue weighted by atomic mass is 35.5.